The standard InChI is InChI=1S/C9H5F2N3O2S/c10-5-1-4(2-12-3-5)7-13-6(11)8(17-7)14-9(15)16/h1-3,14H,(H,15,16). The number of rotatable bonds is 2. The fraction of sp³-hybridized carbons (Fsp3) is 0. The van der Waals surface area contributed by atoms with Gasteiger partial charge in [0.1, 0.15) is 10.8 Å². The highest BCUT2D eigenvalue weighted by molar-refractivity contribution is 7.19. The van der Waals surface area contributed by atoms with Crippen molar-refractivity contribution in [2.75, 3.05) is 5.32 Å². The Morgan fingerprint density at radius 1 is 1.41 bits per heavy atom. The number of anilines is 1. The maximum atomic E-state index is 13.2. The van der Waals surface area contributed by atoms with Crippen LogP contribution in [0.4, 0.5) is 18.6 Å². The van der Waals surface area contributed by atoms with Crippen LogP contribution in [0.15, 0.2) is 18.5 Å². The predicted molar refractivity (Wildman–Crippen MR) is 56.9 cm³/mol. The van der Waals surface area contributed by atoms with Crippen LogP contribution in [0.25, 0.3) is 10.6 Å². The van der Waals surface area contributed by atoms with Crippen LogP contribution in [-0.4, -0.2) is 21.2 Å². The van der Waals surface area contributed by atoms with Gasteiger partial charge in [-0.25, -0.2) is 14.2 Å². The summed E-state index contributed by atoms with van der Waals surface area (Å²) in [6.45, 7) is 0. The molecule has 0 saturated carbocycles. The van der Waals surface area contributed by atoms with Gasteiger partial charge in [0.05, 0.1) is 6.20 Å². The first-order valence-corrected chi connectivity index (χ1v) is 5.15. The van der Waals surface area contributed by atoms with Crippen molar-refractivity contribution in [1.29, 1.82) is 0 Å². The maximum absolute atomic E-state index is 13.2. The van der Waals surface area contributed by atoms with Crippen molar-refractivity contribution >= 4 is 22.4 Å². The molecule has 0 saturated heterocycles. The lowest BCUT2D eigenvalue weighted by atomic mass is 10.3. The number of hydrogen-bond donors (Lipinski definition) is 2. The van der Waals surface area contributed by atoms with Crippen molar-refractivity contribution in [2.45, 2.75) is 0 Å². The predicted octanol–water partition coefficient (Wildman–Crippen LogP) is 2.57. The highest BCUT2D eigenvalue weighted by Gasteiger charge is 2.14. The van der Waals surface area contributed by atoms with Crippen LogP contribution in [0.1, 0.15) is 0 Å². The third kappa shape index (κ3) is 2.53. The third-order valence-corrected chi connectivity index (χ3v) is 2.75. The topological polar surface area (TPSA) is 75.1 Å². The molecule has 17 heavy (non-hydrogen) atoms. The first-order valence-electron chi connectivity index (χ1n) is 4.33. The van der Waals surface area contributed by atoms with Crippen molar-refractivity contribution in [3.05, 3.63) is 30.2 Å². The minimum absolute atomic E-state index is 0.151. The first kappa shape index (κ1) is 11.4. The second-order valence-electron chi connectivity index (χ2n) is 2.96. The monoisotopic (exact) mass is 257 g/mol. The van der Waals surface area contributed by atoms with Crippen molar-refractivity contribution in [2.24, 2.45) is 0 Å². The van der Waals surface area contributed by atoms with Crippen molar-refractivity contribution in [3.8, 4) is 10.6 Å². The van der Waals surface area contributed by atoms with Gasteiger partial charge in [0.2, 0.25) is 5.95 Å². The van der Waals surface area contributed by atoms with Crippen molar-refractivity contribution in [3.63, 3.8) is 0 Å². The molecule has 0 fully saturated rings. The van der Waals surface area contributed by atoms with E-state index in [4.69, 9.17) is 5.11 Å². The van der Waals surface area contributed by atoms with E-state index in [1.54, 1.807) is 0 Å². The van der Waals surface area contributed by atoms with E-state index in [-0.39, 0.29) is 15.6 Å². The molecule has 0 radical (unpaired) electrons. The molecule has 2 heterocycles. The molecular weight excluding hydrogens is 252 g/mol. The van der Waals surface area contributed by atoms with Gasteiger partial charge in [-0.05, 0) is 6.07 Å². The summed E-state index contributed by atoms with van der Waals surface area (Å²) in [5.41, 5.74) is 0.285. The highest BCUT2D eigenvalue weighted by Crippen LogP contribution is 2.30. The van der Waals surface area contributed by atoms with E-state index in [2.05, 4.69) is 9.97 Å². The van der Waals surface area contributed by atoms with Gasteiger partial charge in [-0.1, -0.05) is 11.3 Å². The Morgan fingerprint density at radius 3 is 2.82 bits per heavy atom. The summed E-state index contributed by atoms with van der Waals surface area (Å²) < 4.78 is 26.1. The molecule has 2 rings (SSSR count). The largest absolute Gasteiger partial charge is 0.465 e. The SMILES string of the molecule is O=C(O)Nc1sc(-c2cncc(F)c2)nc1F. The summed E-state index contributed by atoms with van der Waals surface area (Å²) in [6.07, 6.45) is 0.923. The van der Waals surface area contributed by atoms with E-state index in [9.17, 15) is 13.6 Å². The molecule has 0 aliphatic carbocycles. The summed E-state index contributed by atoms with van der Waals surface area (Å²) in [5.74, 6) is -1.53. The maximum Gasteiger partial charge on any atom is 0.409 e. The number of carboxylic acid groups (broad SMARTS) is 1. The molecule has 0 atom stereocenters. The molecule has 8 heteroatoms. The first-order chi connectivity index (χ1) is 8.06. The number of pyridine rings is 1. The van der Waals surface area contributed by atoms with E-state index < -0.39 is 17.9 Å². The average Bonchev–Trinajstić information content (AvgIpc) is 2.59. The number of thiazole rings is 1. The molecular formula is C9H5F2N3O2S. The minimum Gasteiger partial charge on any atom is -0.465 e. The van der Waals surface area contributed by atoms with Gasteiger partial charge in [0.15, 0.2) is 5.00 Å². The van der Waals surface area contributed by atoms with Gasteiger partial charge in [-0.15, -0.1) is 0 Å². The van der Waals surface area contributed by atoms with Crippen LogP contribution < -0.4 is 5.32 Å². The van der Waals surface area contributed by atoms with Crippen LogP contribution in [0, 0.1) is 11.8 Å². The van der Waals surface area contributed by atoms with E-state index in [1.165, 1.54) is 6.20 Å². The van der Waals surface area contributed by atoms with E-state index >= 15 is 0 Å². The fourth-order valence-electron chi connectivity index (χ4n) is 1.13. The number of nitrogens with one attached hydrogen (secondary N) is 1. The number of amides is 1. The zero-order chi connectivity index (χ0) is 12.4. The molecule has 2 aromatic rings. The summed E-state index contributed by atoms with van der Waals surface area (Å²) in [5, 5.41) is 10.2. The second kappa shape index (κ2) is 4.42. The normalized spacial score (nSPS) is 10.2. The van der Waals surface area contributed by atoms with Crippen LogP contribution >= 0.6 is 11.3 Å². The van der Waals surface area contributed by atoms with E-state index in [0.29, 0.717) is 0 Å². The molecule has 0 aromatic carbocycles. The molecule has 1 amide bonds. The summed E-state index contributed by atoms with van der Waals surface area (Å²) in [7, 11) is 0. The van der Waals surface area contributed by atoms with E-state index in [1.807, 2.05) is 5.32 Å². The Bertz CT molecular complexity index is 573. The van der Waals surface area contributed by atoms with Gasteiger partial charge < -0.3 is 5.11 Å². The van der Waals surface area contributed by atoms with Crippen LogP contribution in [0.2, 0.25) is 0 Å². The second-order valence-corrected chi connectivity index (χ2v) is 3.96. The quantitative estimate of drug-likeness (QED) is 0.867. The zero-order valence-corrected chi connectivity index (χ0v) is 8.96. The molecule has 5 nitrogen and oxygen atoms in total. The number of nitrogens with zero attached hydrogens (tertiary/aromatic N) is 2. The zero-order valence-electron chi connectivity index (χ0n) is 8.15. The van der Waals surface area contributed by atoms with Gasteiger partial charge in [0, 0.05) is 11.8 Å². The Balaban J connectivity index is 2.37. The van der Waals surface area contributed by atoms with Crippen LogP contribution in [0.3, 0.4) is 0 Å². The number of aromatic nitrogens is 2. The number of carbonyl (C=O) groups is 1. The lowest BCUT2D eigenvalue weighted by molar-refractivity contribution is 0.209. The summed E-state index contributed by atoms with van der Waals surface area (Å²) >= 11 is 0.765. The average molecular weight is 257 g/mol. The molecule has 0 spiro atoms. The number of halogens is 2. The van der Waals surface area contributed by atoms with Crippen molar-refractivity contribution in [1.82, 2.24) is 9.97 Å². The Labute approximate surface area is 97.8 Å². The highest BCUT2D eigenvalue weighted by atomic mass is 32.1. The summed E-state index contributed by atoms with van der Waals surface area (Å²) in [6, 6.07) is 1.13. The molecule has 0 bridgehead atoms. The molecule has 0 unspecified atom stereocenters. The van der Waals surface area contributed by atoms with Crippen molar-refractivity contribution < 1.29 is 18.7 Å². The minimum atomic E-state index is -1.39. The summed E-state index contributed by atoms with van der Waals surface area (Å²) in [4.78, 5) is 17.4. The number of hydrogen-bond acceptors (Lipinski definition) is 4. The van der Waals surface area contributed by atoms with E-state index in [0.717, 1.165) is 23.6 Å². The lowest BCUT2D eigenvalue weighted by Gasteiger charge is -1.94. The molecule has 0 aliphatic rings. The third-order valence-electron chi connectivity index (χ3n) is 1.76. The van der Waals surface area contributed by atoms with Crippen LogP contribution in [0.5, 0.6) is 0 Å². The van der Waals surface area contributed by atoms with Gasteiger partial charge in [-0.2, -0.15) is 4.39 Å². The van der Waals surface area contributed by atoms with Gasteiger partial charge in [-0.3, -0.25) is 10.3 Å². The smallest absolute Gasteiger partial charge is 0.409 e. The Morgan fingerprint density at radius 2 is 2.18 bits per heavy atom. The Kier molecular flexibility index (Phi) is 2.96. The molecule has 0 aliphatic heterocycles. The lowest BCUT2D eigenvalue weighted by Crippen LogP contribution is -2.06. The molecule has 2 N–H and O–H groups in total. The van der Waals surface area contributed by atoms with Gasteiger partial charge in [0.25, 0.3) is 0 Å². The fourth-order valence-corrected chi connectivity index (χ4v) is 1.94. The van der Waals surface area contributed by atoms with Crippen LogP contribution in [-0.2, 0) is 0 Å². The molecule has 88 valence electrons. The molecule has 2 aromatic heterocycles. The Hall–Kier alpha value is -2.09. The van der Waals surface area contributed by atoms with Gasteiger partial charge >= 0.3 is 6.09 Å².